The van der Waals surface area contributed by atoms with Crippen molar-refractivity contribution in [2.45, 2.75) is 19.1 Å². The molecule has 0 saturated heterocycles. The molecule has 100 valence electrons. The van der Waals surface area contributed by atoms with Gasteiger partial charge in [-0.05, 0) is 13.8 Å². The van der Waals surface area contributed by atoms with Crippen molar-refractivity contribution < 1.29 is 13.3 Å². The van der Waals surface area contributed by atoms with Gasteiger partial charge in [-0.3, -0.25) is 0 Å². The van der Waals surface area contributed by atoms with Crippen LogP contribution in [-0.4, -0.2) is 35.4 Å². The van der Waals surface area contributed by atoms with Crippen LogP contribution in [0.2, 0.25) is 0 Å². The summed E-state index contributed by atoms with van der Waals surface area (Å²) in [4.78, 5) is 0. The molecule has 0 fully saturated rings. The first-order chi connectivity index (χ1) is 7.86. The van der Waals surface area contributed by atoms with E-state index >= 15 is 0 Å². The first-order valence-corrected chi connectivity index (χ1v) is 6.91. The van der Waals surface area contributed by atoms with Crippen molar-refractivity contribution in [3.63, 3.8) is 0 Å². The highest BCUT2D eigenvalue weighted by Crippen LogP contribution is 2.26. The Morgan fingerprint density at radius 2 is 1.41 bits per heavy atom. The SMILES string of the molecule is CC=C(N)C(=CC)C(N)(N)[Si](OC)(OC)OC. The second-order valence-corrected chi connectivity index (χ2v) is 6.65. The van der Waals surface area contributed by atoms with Gasteiger partial charge in [0.2, 0.25) is 0 Å². The first kappa shape index (κ1) is 16.3. The Balaban J connectivity index is 5.64. The van der Waals surface area contributed by atoms with Gasteiger partial charge in [0.15, 0.2) is 5.29 Å². The van der Waals surface area contributed by atoms with Crippen LogP contribution in [-0.2, 0) is 13.3 Å². The highest BCUT2D eigenvalue weighted by Gasteiger charge is 2.58. The molecule has 0 aliphatic carbocycles. The van der Waals surface area contributed by atoms with Crippen LogP contribution in [0.1, 0.15) is 13.8 Å². The highest BCUT2D eigenvalue weighted by atomic mass is 28.4. The molecule has 0 saturated carbocycles. The van der Waals surface area contributed by atoms with E-state index in [2.05, 4.69) is 0 Å². The van der Waals surface area contributed by atoms with Crippen molar-refractivity contribution in [3.05, 3.63) is 23.4 Å². The molecule has 7 heteroatoms. The fourth-order valence-corrected chi connectivity index (χ4v) is 3.85. The Morgan fingerprint density at radius 1 is 1.00 bits per heavy atom. The topological polar surface area (TPSA) is 106 Å². The third kappa shape index (κ3) is 2.76. The van der Waals surface area contributed by atoms with E-state index in [1.165, 1.54) is 21.3 Å². The van der Waals surface area contributed by atoms with E-state index in [1.54, 1.807) is 26.0 Å². The molecule has 0 radical (unpaired) electrons. The van der Waals surface area contributed by atoms with Gasteiger partial charge in [0, 0.05) is 32.6 Å². The molecule has 0 aromatic carbocycles. The van der Waals surface area contributed by atoms with E-state index in [-0.39, 0.29) is 0 Å². The van der Waals surface area contributed by atoms with E-state index in [0.717, 1.165) is 0 Å². The number of hydrogen-bond donors (Lipinski definition) is 3. The summed E-state index contributed by atoms with van der Waals surface area (Å²) in [5, 5.41) is -1.41. The van der Waals surface area contributed by atoms with Gasteiger partial charge in [-0.25, -0.2) is 0 Å². The normalized spacial score (nSPS) is 15.2. The lowest BCUT2D eigenvalue weighted by Crippen LogP contribution is -2.75. The van der Waals surface area contributed by atoms with Crippen LogP contribution in [0, 0.1) is 0 Å². The highest BCUT2D eigenvalue weighted by molar-refractivity contribution is 6.65. The van der Waals surface area contributed by atoms with E-state index in [4.69, 9.17) is 30.5 Å². The molecule has 17 heavy (non-hydrogen) atoms. The number of nitrogens with two attached hydrogens (primary N) is 3. The summed E-state index contributed by atoms with van der Waals surface area (Å²) in [6.45, 7) is 3.59. The van der Waals surface area contributed by atoms with Crippen molar-refractivity contribution in [1.82, 2.24) is 0 Å². The van der Waals surface area contributed by atoms with Gasteiger partial charge in [-0.15, -0.1) is 0 Å². The predicted octanol–water partition coefficient (Wildman–Crippen LogP) is -0.174. The van der Waals surface area contributed by atoms with Crippen LogP contribution in [0.5, 0.6) is 0 Å². The molecule has 0 aliphatic rings. The van der Waals surface area contributed by atoms with Crippen LogP contribution in [0.25, 0.3) is 0 Å². The van der Waals surface area contributed by atoms with Gasteiger partial charge in [0.05, 0.1) is 0 Å². The number of rotatable bonds is 6. The smallest absolute Gasteiger partial charge is 0.399 e. The van der Waals surface area contributed by atoms with Crippen LogP contribution >= 0.6 is 0 Å². The molecule has 0 aliphatic heterocycles. The molecule has 0 rings (SSSR count). The molecular formula is C10H23N3O3Si. The predicted molar refractivity (Wildman–Crippen MR) is 69.6 cm³/mol. The van der Waals surface area contributed by atoms with E-state index < -0.39 is 14.1 Å². The third-order valence-electron chi connectivity index (χ3n) is 2.67. The fourth-order valence-electron chi connectivity index (χ4n) is 1.72. The minimum Gasteiger partial charge on any atom is -0.399 e. The van der Waals surface area contributed by atoms with Crippen molar-refractivity contribution in [1.29, 1.82) is 0 Å². The molecule has 0 aromatic rings. The van der Waals surface area contributed by atoms with Crippen LogP contribution in [0.4, 0.5) is 0 Å². The van der Waals surface area contributed by atoms with Gasteiger partial charge >= 0.3 is 8.80 Å². The summed E-state index contributed by atoms with van der Waals surface area (Å²) in [6, 6.07) is 0. The molecule has 6 N–H and O–H groups in total. The summed E-state index contributed by atoms with van der Waals surface area (Å²) in [6.07, 6.45) is 3.44. The molecule has 0 amide bonds. The second kappa shape index (κ2) is 6.29. The van der Waals surface area contributed by atoms with Gasteiger partial charge in [0.1, 0.15) is 0 Å². The molecule has 0 spiro atoms. The van der Waals surface area contributed by atoms with Crippen LogP contribution < -0.4 is 17.2 Å². The van der Waals surface area contributed by atoms with E-state index in [1.807, 2.05) is 0 Å². The second-order valence-electron chi connectivity index (χ2n) is 3.48. The molecule has 0 heterocycles. The van der Waals surface area contributed by atoms with Crippen molar-refractivity contribution in [2.75, 3.05) is 21.3 Å². The van der Waals surface area contributed by atoms with Crippen molar-refractivity contribution >= 4 is 8.80 Å². The summed E-state index contributed by atoms with van der Waals surface area (Å²) in [5.41, 5.74) is 19.1. The van der Waals surface area contributed by atoms with Gasteiger partial charge in [-0.1, -0.05) is 12.2 Å². The molecule has 0 aromatic heterocycles. The average molecular weight is 261 g/mol. The quantitative estimate of drug-likeness (QED) is 0.348. The summed E-state index contributed by atoms with van der Waals surface area (Å²) in [7, 11) is 1.11. The lowest BCUT2D eigenvalue weighted by Gasteiger charge is -2.39. The minimum atomic E-state index is -3.24. The minimum absolute atomic E-state index is 0.473. The maximum Gasteiger partial charge on any atom is 0.541 e. The summed E-state index contributed by atoms with van der Waals surface area (Å²) in [5.74, 6) is 0. The average Bonchev–Trinajstić information content (AvgIpc) is 2.31. The monoisotopic (exact) mass is 261 g/mol. The van der Waals surface area contributed by atoms with Gasteiger partial charge in [0.25, 0.3) is 0 Å². The molecule has 0 atom stereocenters. The summed E-state index contributed by atoms with van der Waals surface area (Å²) >= 11 is 0. The first-order valence-electron chi connectivity index (χ1n) is 5.19. The van der Waals surface area contributed by atoms with Crippen LogP contribution in [0.3, 0.4) is 0 Å². The maximum absolute atomic E-state index is 6.13. The van der Waals surface area contributed by atoms with Crippen molar-refractivity contribution in [3.8, 4) is 0 Å². The molecule has 6 nitrogen and oxygen atoms in total. The zero-order chi connectivity index (χ0) is 13.7. The Bertz CT molecular complexity index is 304. The van der Waals surface area contributed by atoms with E-state index in [0.29, 0.717) is 11.3 Å². The Morgan fingerprint density at radius 3 is 1.65 bits per heavy atom. The Labute approximate surface area is 104 Å². The van der Waals surface area contributed by atoms with Gasteiger partial charge in [-0.2, -0.15) is 0 Å². The molecule has 0 bridgehead atoms. The maximum atomic E-state index is 6.13. The van der Waals surface area contributed by atoms with Crippen LogP contribution in [0.15, 0.2) is 23.4 Å². The lowest BCUT2D eigenvalue weighted by atomic mass is 10.1. The Kier molecular flexibility index (Phi) is 6.03. The fraction of sp³-hybridized carbons (Fsp3) is 0.600. The number of allylic oxidation sites excluding steroid dienone is 2. The van der Waals surface area contributed by atoms with E-state index in [9.17, 15) is 0 Å². The zero-order valence-electron chi connectivity index (χ0n) is 11.1. The largest absolute Gasteiger partial charge is 0.541 e. The summed E-state index contributed by atoms with van der Waals surface area (Å²) < 4.78 is 15.9. The lowest BCUT2D eigenvalue weighted by molar-refractivity contribution is 0.0997. The molecular weight excluding hydrogens is 238 g/mol. The molecule has 0 unspecified atom stereocenters. The zero-order valence-corrected chi connectivity index (χ0v) is 12.1. The van der Waals surface area contributed by atoms with Gasteiger partial charge < -0.3 is 30.5 Å². The third-order valence-corrected chi connectivity index (χ3v) is 5.56. The van der Waals surface area contributed by atoms with Crippen molar-refractivity contribution in [2.24, 2.45) is 17.2 Å². The standard InChI is InChI=1S/C10H23N3O3Si/c1-6-8(9(11)7-2)10(12,13)17(14-3,15-4)16-5/h6-7H,11-13H2,1-5H3. The Hall–Kier alpha value is -0.703. The number of hydrogen-bond acceptors (Lipinski definition) is 6.